The van der Waals surface area contributed by atoms with Crippen LogP contribution >= 0.6 is 0 Å². The van der Waals surface area contributed by atoms with Gasteiger partial charge >= 0.3 is 12.0 Å². The second-order valence-corrected chi connectivity index (χ2v) is 5.45. The Balaban J connectivity index is 2.15. The van der Waals surface area contributed by atoms with Crippen molar-refractivity contribution in [2.75, 3.05) is 19.6 Å². The summed E-state index contributed by atoms with van der Waals surface area (Å²) in [6, 6.07) is -0.0163. The number of carbonyl (C=O) groups excluding carboxylic acids is 1. The van der Waals surface area contributed by atoms with E-state index in [1.807, 2.05) is 11.8 Å². The van der Waals surface area contributed by atoms with Crippen LogP contribution in [0.15, 0.2) is 0 Å². The minimum atomic E-state index is -0.772. The van der Waals surface area contributed by atoms with Crippen LogP contribution in [0.1, 0.15) is 46.0 Å². The van der Waals surface area contributed by atoms with Crippen LogP contribution in [0.2, 0.25) is 0 Å². The molecule has 1 atom stereocenters. The average molecular weight is 270 g/mol. The van der Waals surface area contributed by atoms with Gasteiger partial charge in [-0.3, -0.25) is 4.79 Å². The Labute approximate surface area is 115 Å². The molecule has 0 aromatic rings. The number of hydrogen-bond acceptors (Lipinski definition) is 2. The largest absolute Gasteiger partial charge is 0.481 e. The van der Waals surface area contributed by atoms with Crippen LogP contribution in [0, 0.1) is 11.8 Å². The molecule has 2 N–H and O–H groups in total. The van der Waals surface area contributed by atoms with Gasteiger partial charge in [-0.2, -0.15) is 0 Å². The predicted molar refractivity (Wildman–Crippen MR) is 74.0 cm³/mol. The van der Waals surface area contributed by atoms with Gasteiger partial charge in [0.2, 0.25) is 0 Å². The highest BCUT2D eigenvalue weighted by Crippen LogP contribution is 2.26. The van der Waals surface area contributed by atoms with Crippen LogP contribution in [-0.4, -0.2) is 41.6 Å². The molecule has 110 valence electrons. The fourth-order valence-corrected chi connectivity index (χ4v) is 2.18. The quantitative estimate of drug-likeness (QED) is 0.665. The second-order valence-electron chi connectivity index (χ2n) is 5.45. The van der Waals surface area contributed by atoms with E-state index in [4.69, 9.17) is 5.11 Å². The molecular formula is C14H26N2O3. The van der Waals surface area contributed by atoms with E-state index in [1.165, 1.54) is 19.3 Å². The van der Waals surface area contributed by atoms with Crippen molar-refractivity contribution in [2.24, 2.45) is 11.8 Å². The Morgan fingerprint density at radius 2 is 2.11 bits per heavy atom. The normalized spacial score (nSPS) is 16.5. The zero-order chi connectivity index (χ0) is 14.3. The molecule has 5 heteroatoms. The third-order valence-corrected chi connectivity index (χ3v) is 3.88. The van der Waals surface area contributed by atoms with Crippen LogP contribution in [0.4, 0.5) is 4.79 Å². The van der Waals surface area contributed by atoms with E-state index >= 15 is 0 Å². The number of carboxylic acid groups (broad SMARTS) is 1. The highest BCUT2D eigenvalue weighted by molar-refractivity contribution is 5.74. The molecule has 0 saturated heterocycles. The molecule has 19 heavy (non-hydrogen) atoms. The fraction of sp³-hybridized carbons (Fsp3) is 0.857. The molecule has 1 aliphatic carbocycles. The fourth-order valence-electron chi connectivity index (χ4n) is 2.18. The lowest BCUT2D eigenvalue weighted by atomic mass is 9.85. The van der Waals surface area contributed by atoms with E-state index < -0.39 is 5.97 Å². The SMILES string of the molecule is CCN(CC1CCC1)C(=O)NCCCC(C)C(=O)O. The van der Waals surface area contributed by atoms with Gasteiger partial charge in [-0.05, 0) is 38.5 Å². The molecule has 0 heterocycles. The molecular weight excluding hydrogens is 244 g/mol. The number of carbonyl (C=O) groups is 2. The summed E-state index contributed by atoms with van der Waals surface area (Å²) in [7, 11) is 0. The average Bonchev–Trinajstić information content (AvgIpc) is 2.32. The van der Waals surface area contributed by atoms with E-state index in [-0.39, 0.29) is 11.9 Å². The minimum absolute atomic E-state index is 0.0163. The topological polar surface area (TPSA) is 69.6 Å². The Kier molecular flexibility index (Phi) is 6.67. The predicted octanol–water partition coefficient (Wildman–Crippen LogP) is 2.32. The van der Waals surface area contributed by atoms with Crippen LogP contribution in [0.3, 0.4) is 0 Å². The lowest BCUT2D eigenvalue weighted by Crippen LogP contribution is -2.43. The number of nitrogens with zero attached hydrogens (tertiary/aromatic N) is 1. The maximum absolute atomic E-state index is 11.9. The van der Waals surface area contributed by atoms with Gasteiger partial charge in [0.25, 0.3) is 0 Å². The van der Waals surface area contributed by atoms with E-state index in [0.29, 0.717) is 25.3 Å². The molecule has 0 aromatic carbocycles. The first-order chi connectivity index (χ1) is 9.04. The molecule has 1 saturated carbocycles. The summed E-state index contributed by atoms with van der Waals surface area (Å²) in [6.07, 6.45) is 5.07. The first-order valence-electron chi connectivity index (χ1n) is 7.30. The molecule has 0 aliphatic heterocycles. The lowest BCUT2D eigenvalue weighted by Gasteiger charge is -2.31. The van der Waals surface area contributed by atoms with E-state index in [2.05, 4.69) is 5.32 Å². The number of aliphatic carboxylic acids is 1. The van der Waals surface area contributed by atoms with Gasteiger partial charge < -0.3 is 15.3 Å². The van der Waals surface area contributed by atoms with E-state index in [0.717, 1.165) is 13.1 Å². The summed E-state index contributed by atoms with van der Waals surface area (Å²) in [5.74, 6) is -0.432. The molecule has 1 unspecified atom stereocenters. The van der Waals surface area contributed by atoms with Crippen molar-refractivity contribution < 1.29 is 14.7 Å². The third-order valence-electron chi connectivity index (χ3n) is 3.88. The summed E-state index contributed by atoms with van der Waals surface area (Å²) < 4.78 is 0. The standard InChI is InChI=1S/C14H26N2O3/c1-3-16(10-12-7-4-8-12)14(19)15-9-5-6-11(2)13(17)18/h11-12H,3-10H2,1-2H3,(H,15,19)(H,17,18). The highest BCUT2D eigenvalue weighted by atomic mass is 16.4. The number of carboxylic acids is 1. The zero-order valence-corrected chi connectivity index (χ0v) is 12.0. The number of hydrogen-bond donors (Lipinski definition) is 2. The molecule has 1 fully saturated rings. The van der Waals surface area contributed by atoms with Gasteiger partial charge in [-0.15, -0.1) is 0 Å². The Bertz CT molecular complexity index is 303. The Morgan fingerprint density at radius 3 is 2.58 bits per heavy atom. The van der Waals surface area contributed by atoms with Crippen LogP contribution < -0.4 is 5.32 Å². The molecule has 0 bridgehead atoms. The van der Waals surface area contributed by atoms with Crippen LogP contribution in [0.25, 0.3) is 0 Å². The number of rotatable bonds is 8. The van der Waals surface area contributed by atoms with Crippen molar-refractivity contribution in [3.8, 4) is 0 Å². The highest BCUT2D eigenvalue weighted by Gasteiger charge is 2.22. The molecule has 0 spiro atoms. The summed E-state index contributed by atoms with van der Waals surface area (Å²) in [4.78, 5) is 24.4. The molecule has 1 rings (SSSR count). The third kappa shape index (κ3) is 5.49. The molecule has 0 aromatic heterocycles. The molecule has 2 amide bonds. The van der Waals surface area contributed by atoms with Crippen molar-refractivity contribution in [3.05, 3.63) is 0 Å². The Hall–Kier alpha value is -1.26. The summed E-state index contributed by atoms with van der Waals surface area (Å²) in [5, 5.41) is 11.6. The van der Waals surface area contributed by atoms with Gasteiger partial charge in [-0.25, -0.2) is 4.79 Å². The van der Waals surface area contributed by atoms with Crippen LogP contribution in [0.5, 0.6) is 0 Å². The van der Waals surface area contributed by atoms with Crippen LogP contribution in [-0.2, 0) is 4.79 Å². The van der Waals surface area contributed by atoms with Crippen molar-refractivity contribution in [1.29, 1.82) is 0 Å². The van der Waals surface area contributed by atoms with Gasteiger partial charge in [0.05, 0.1) is 5.92 Å². The van der Waals surface area contributed by atoms with Crippen molar-refractivity contribution >= 4 is 12.0 Å². The summed E-state index contributed by atoms with van der Waals surface area (Å²) >= 11 is 0. The Morgan fingerprint density at radius 1 is 1.42 bits per heavy atom. The van der Waals surface area contributed by atoms with Gasteiger partial charge in [-0.1, -0.05) is 13.3 Å². The van der Waals surface area contributed by atoms with E-state index in [1.54, 1.807) is 6.92 Å². The van der Waals surface area contributed by atoms with Gasteiger partial charge in [0.1, 0.15) is 0 Å². The molecule has 1 aliphatic rings. The minimum Gasteiger partial charge on any atom is -0.481 e. The van der Waals surface area contributed by atoms with Gasteiger partial charge in [0, 0.05) is 19.6 Å². The van der Waals surface area contributed by atoms with Gasteiger partial charge in [0.15, 0.2) is 0 Å². The number of urea groups is 1. The maximum atomic E-state index is 11.9. The van der Waals surface area contributed by atoms with E-state index in [9.17, 15) is 9.59 Å². The van der Waals surface area contributed by atoms with Crippen molar-refractivity contribution in [2.45, 2.75) is 46.0 Å². The zero-order valence-electron chi connectivity index (χ0n) is 12.0. The molecule has 0 radical (unpaired) electrons. The summed E-state index contributed by atoms with van der Waals surface area (Å²) in [5.41, 5.74) is 0. The monoisotopic (exact) mass is 270 g/mol. The summed E-state index contributed by atoms with van der Waals surface area (Å²) in [6.45, 7) is 5.82. The van der Waals surface area contributed by atoms with Crippen molar-refractivity contribution in [3.63, 3.8) is 0 Å². The first-order valence-corrected chi connectivity index (χ1v) is 7.30. The lowest BCUT2D eigenvalue weighted by molar-refractivity contribution is -0.141. The maximum Gasteiger partial charge on any atom is 0.317 e. The number of amides is 2. The number of nitrogens with one attached hydrogen (secondary N) is 1. The van der Waals surface area contributed by atoms with Crippen molar-refractivity contribution in [1.82, 2.24) is 10.2 Å². The smallest absolute Gasteiger partial charge is 0.317 e. The first kappa shape index (κ1) is 15.8. The second kappa shape index (κ2) is 8.02. The molecule has 5 nitrogen and oxygen atoms in total.